The van der Waals surface area contributed by atoms with Crippen LogP contribution in [-0.2, 0) is 20.8 Å². The maximum Gasteiger partial charge on any atom is 0.307 e. The molecule has 2 heterocycles. The molecule has 2 aliphatic rings. The zero-order valence-corrected chi connectivity index (χ0v) is 22.2. The lowest BCUT2D eigenvalue weighted by Crippen LogP contribution is -2.62. The highest BCUT2D eigenvalue weighted by molar-refractivity contribution is 5.90. The molecule has 2 aliphatic heterocycles. The minimum Gasteiger partial charge on any atom is -0.493 e. The number of rotatable bonds is 11. The Hall–Kier alpha value is -2.61. The number of amides is 2. The Bertz CT molecular complexity index is 878. The number of carboxylic acid groups (broad SMARTS) is 1. The second-order valence-electron chi connectivity index (χ2n) is 11.1. The summed E-state index contributed by atoms with van der Waals surface area (Å²) in [5.41, 5.74) is 0.746. The summed E-state index contributed by atoms with van der Waals surface area (Å²) in [7, 11) is 0. The lowest BCUT2D eigenvalue weighted by atomic mass is 9.94. The van der Waals surface area contributed by atoms with Crippen molar-refractivity contribution in [1.29, 1.82) is 0 Å². The van der Waals surface area contributed by atoms with Gasteiger partial charge in [-0.15, -0.1) is 0 Å². The van der Waals surface area contributed by atoms with Gasteiger partial charge in [0.1, 0.15) is 11.8 Å². The zero-order chi connectivity index (χ0) is 26.2. The van der Waals surface area contributed by atoms with Crippen molar-refractivity contribution < 1.29 is 24.2 Å². The number of carbonyl (C=O) groups excluding carboxylic acids is 2. The standard InChI is InChI=1S/C28H43N3O5/c1-19(2)15-24-27(34)31(14-11-29-24)25(16-20(3)4)28(35)30-12-9-22(10-13-30)18-36-23-7-5-21(6-8-23)17-26(32)33/h5-8,19-20,22,24-25,29H,9-18H2,1-4H3,(H,32,33)/t24-,25?/m0/s1. The number of carboxylic acids is 1. The van der Waals surface area contributed by atoms with Crippen molar-refractivity contribution in [3.8, 4) is 5.75 Å². The number of piperidine rings is 1. The van der Waals surface area contributed by atoms with Gasteiger partial charge in [0, 0.05) is 26.2 Å². The number of likely N-dealkylation sites (tertiary alicyclic amines) is 1. The molecule has 8 nitrogen and oxygen atoms in total. The third-order valence-electron chi connectivity index (χ3n) is 7.08. The highest BCUT2D eigenvalue weighted by Gasteiger charge is 2.39. The van der Waals surface area contributed by atoms with E-state index in [0.29, 0.717) is 50.4 Å². The fourth-order valence-corrected chi connectivity index (χ4v) is 5.15. The molecular formula is C28H43N3O5. The van der Waals surface area contributed by atoms with Crippen molar-refractivity contribution in [2.75, 3.05) is 32.8 Å². The van der Waals surface area contributed by atoms with Crippen LogP contribution in [0.2, 0.25) is 0 Å². The second kappa shape index (κ2) is 13.1. The Morgan fingerprint density at radius 2 is 1.72 bits per heavy atom. The Morgan fingerprint density at radius 1 is 1.06 bits per heavy atom. The van der Waals surface area contributed by atoms with Crippen LogP contribution in [0, 0.1) is 17.8 Å². The highest BCUT2D eigenvalue weighted by Crippen LogP contribution is 2.24. The van der Waals surface area contributed by atoms with Crippen LogP contribution in [0.4, 0.5) is 0 Å². The van der Waals surface area contributed by atoms with E-state index in [0.717, 1.165) is 37.1 Å². The molecule has 0 aliphatic carbocycles. The van der Waals surface area contributed by atoms with Crippen molar-refractivity contribution in [3.05, 3.63) is 29.8 Å². The van der Waals surface area contributed by atoms with E-state index in [2.05, 4.69) is 33.0 Å². The van der Waals surface area contributed by atoms with E-state index in [1.807, 2.05) is 21.9 Å². The van der Waals surface area contributed by atoms with E-state index in [1.165, 1.54) is 0 Å². The molecule has 2 fully saturated rings. The van der Waals surface area contributed by atoms with Crippen molar-refractivity contribution in [2.24, 2.45) is 17.8 Å². The summed E-state index contributed by atoms with van der Waals surface area (Å²) in [5.74, 6) is 1.10. The average molecular weight is 502 g/mol. The first-order valence-corrected chi connectivity index (χ1v) is 13.4. The normalized spacial score (nSPS) is 20.2. The summed E-state index contributed by atoms with van der Waals surface area (Å²) in [4.78, 5) is 41.5. The molecule has 2 atom stereocenters. The Balaban J connectivity index is 1.54. The van der Waals surface area contributed by atoms with Crippen molar-refractivity contribution >= 4 is 17.8 Å². The number of hydrogen-bond acceptors (Lipinski definition) is 5. The van der Waals surface area contributed by atoms with Crippen LogP contribution in [0.3, 0.4) is 0 Å². The number of hydrogen-bond donors (Lipinski definition) is 2. The number of aliphatic carboxylic acids is 1. The van der Waals surface area contributed by atoms with Gasteiger partial charge in [-0.1, -0.05) is 39.8 Å². The Kier molecular flexibility index (Phi) is 10.2. The number of piperazine rings is 1. The van der Waals surface area contributed by atoms with Crippen molar-refractivity contribution in [3.63, 3.8) is 0 Å². The molecule has 1 unspecified atom stereocenters. The van der Waals surface area contributed by atoms with Gasteiger partial charge in [0.15, 0.2) is 0 Å². The van der Waals surface area contributed by atoms with E-state index in [4.69, 9.17) is 9.84 Å². The van der Waals surface area contributed by atoms with Gasteiger partial charge >= 0.3 is 5.97 Å². The van der Waals surface area contributed by atoms with Gasteiger partial charge in [-0.25, -0.2) is 0 Å². The summed E-state index contributed by atoms with van der Waals surface area (Å²) in [5, 5.41) is 12.2. The minimum atomic E-state index is -0.850. The Labute approximate surface area is 215 Å². The van der Waals surface area contributed by atoms with Crippen LogP contribution in [0.1, 0.15) is 58.9 Å². The monoisotopic (exact) mass is 501 g/mol. The van der Waals surface area contributed by atoms with Gasteiger partial charge in [-0.3, -0.25) is 14.4 Å². The van der Waals surface area contributed by atoms with Crippen LogP contribution in [0.15, 0.2) is 24.3 Å². The molecule has 2 saturated heterocycles. The molecule has 2 amide bonds. The molecule has 1 aromatic carbocycles. The molecule has 2 N–H and O–H groups in total. The average Bonchev–Trinajstić information content (AvgIpc) is 2.83. The molecule has 0 radical (unpaired) electrons. The number of nitrogens with zero attached hydrogens (tertiary/aromatic N) is 2. The van der Waals surface area contributed by atoms with Gasteiger partial charge < -0.3 is 25.0 Å². The van der Waals surface area contributed by atoms with E-state index >= 15 is 0 Å². The predicted molar refractivity (Wildman–Crippen MR) is 139 cm³/mol. The fourth-order valence-electron chi connectivity index (χ4n) is 5.15. The van der Waals surface area contributed by atoms with Crippen LogP contribution in [0.5, 0.6) is 5.75 Å². The molecule has 36 heavy (non-hydrogen) atoms. The van der Waals surface area contributed by atoms with Gasteiger partial charge in [0.25, 0.3) is 0 Å². The topological polar surface area (TPSA) is 99.2 Å². The van der Waals surface area contributed by atoms with Gasteiger partial charge in [0.2, 0.25) is 11.8 Å². The summed E-state index contributed by atoms with van der Waals surface area (Å²) < 4.78 is 5.94. The Morgan fingerprint density at radius 3 is 2.31 bits per heavy atom. The molecule has 0 bridgehead atoms. The largest absolute Gasteiger partial charge is 0.493 e. The summed E-state index contributed by atoms with van der Waals surface area (Å²) in [6.07, 6.45) is 3.19. The van der Waals surface area contributed by atoms with E-state index in [-0.39, 0.29) is 24.3 Å². The highest BCUT2D eigenvalue weighted by atomic mass is 16.5. The van der Waals surface area contributed by atoms with Crippen LogP contribution >= 0.6 is 0 Å². The number of carbonyl (C=O) groups is 3. The maximum absolute atomic E-state index is 13.6. The third kappa shape index (κ3) is 7.95. The van der Waals surface area contributed by atoms with Crippen LogP contribution in [0.25, 0.3) is 0 Å². The van der Waals surface area contributed by atoms with Gasteiger partial charge in [0.05, 0.1) is 19.1 Å². The maximum atomic E-state index is 13.6. The predicted octanol–water partition coefficient (Wildman–Crippen LogP) is 3.19. The number of ether oxygens (including phenoxy) is 1. The molecule has 0 aromatic heterocycles. The number of benzene rings is 1. The smallest absolute Gasteiger partial charge is 0.307 e. The number of nitrogens with one attached hydrogen (secondary N) is 1. The summed E-state index contributed by atoms with van der Waals surface area (Å²) >= 11 is 0. The zero-order valence-electron chi connectivity index (χ0n) is 22.2. The lowest BCUT2D eigenvalue weighted by Gasteiger charge is -2.42. The second-order valence-corrected chi connectivity index (χ2v) is 11.1. The summed E-state index contributed by atoms with van der Waals surface area (Å²) in [6.45, 7) is 11.7. The molecule has 3 rings (SSSR count). The minimum absolute atomic E-state index is 0.00247. The SMILES string of the molecule is CC(C)CC(C(=O)N1CCC(COc2ccc(CC(=O)O)cc2)CC1)N1CCN[C@@H](CC(C)C)C1=O. The van der Waals surface area contributed by atoms with Crippen LogP contribution in [-0.4, -0.2) is 77.6 Å². The van der Waals surface area contributed by atoms with Crippen molar-refractivity contribution in [2.45, 2.75) is 71.9 Å². The van der Waals surface area contributed by atoms with Gasteiger partial charge in [-0.05, 0) is 61.1 Å². The molecular weight excluding hydrogens is 458 g/mol. The first kappa shape index (κ1) is 28.0. The van der Waals surface area contributed by atoms with Crippen molar-refractivity contribution in [1.82, 2.24) is 15.1 Å². The van der Waals surface area contributed by atoms with E-state index < -0.39 is 12.0 Å². The van der Waals surface area contributed by atoms with Gasteiger partial charge in [-0.2, -0.15) is 0 Å². The molecule has 200 valence electrons. The third-order valence-corrected chi connectivity index (χ3v) is 7.08. The molecule has 8 heteroatoms. The van der Waals surface area contributed by atoms with Crippen LogP contribution < -0.4 is 10.1 Å². The van der Waals surface area contributed by atoms with E-state index in [1.54, 1.807) is 12.1 Å². The fraction of sp³-hybridized carbons (Fsp3) is 0.679. The summed E-state index contributed by atoms with van der Waals surface area (Å²) in [6, 6.07) is 6.58. The first-order valence-electron chi connectivity index (χ1n) is 13.4. The lowest BCUT2D eigenvalue weighted by molar-refractivity contribution is -0.150. The van der Waals surface area contributed by atoms with E-state index in [9.17, 15) is 14.4 Å². The molecule has 1 aromatic rings. The molecule has 0 spiro atoms. The first-order chi connectivity index (χ1) is 17.1. The molecule has 0 saturated carbocycles. The quantitative estimate of drug-likeness (QED) is 0.483.